The van der Waals surface area contributed by atoms with E-state index in [1.54, 1.807) is 6.07 Å². The van der Waals surface area contributed by atoms with E-state index in [1.165, 1.54) is 12.4 Å². The first-order chi connectivity index (χ1) is 10.9. The standard InChI is InChI=1S/C15H14ClF3N4/c16-11-4-3-10(15(17,18)19)7-12(11)22-13-8-14(21-9-20-13)23-5-1-2-6-23/h3-4,7-9H,1-2,5-6H2,(H,20,21,22). The van der Waals surface area contributed by atoms with Crippen molar-refractivity contribution in [3.63, 3.8) is 0 Å². The predicted octanol–water partition coefficient (Wildman–Crippen LogP) is 4.49. The van der Waals surface area contributed by atoms with Gasteiger partial charge in [0.15, 0.2) is 0 Å². The third-order valence-corrected chi connectivity index (χ3v) is 3.97. The molecule has 0 saturated carbocycles. The Bertz CT molecular complexity index is 699. The van der Waals surface area contributed by atoms with E-state index in [0.717, 1.165) is 43.9 Å². The molecule has 0 spiro atoms. The summed E-state index contributed by atoms with van der Waals surface area (Å²) in [6.07, 6.45) is -0.830. The summed E-state index contributed by atoms with van der Waals surface area (Å²) in [7, 11) is 0. The smallest absolute Gasteiger partial charge is 0.356 e. The van der Waals surface area contributed by atoms with Crippen LogP contribution in [0.2, 0.25) is 5.02 Å². The molecule has 0 unspecified atom stereocenters. The topological polar surface area (TPSA) is 41.0 Å². The van der Waals surface area contributed by atoms with Gasteiger partial charge in [0, 0.05) is 19.2 Å². The van der Waals surface area contributed by atoms with E-state index in [9.17, 15) is 13.2 Å². The molecule has 2 heterocycles. The van der Waals surface area contributed by atoms with Crippen LogP contribution in [0, 0.1) is 0 Å². The number of aromatic nitrogens is 2. The van der Waals surface area contributed by atoms with Gasteiger partial charge in [-0.25, -0.2) is 9.97 Å². The number of rotatable bonds is 3. The van der Waals surface area contributed by atoms with Crippen LogP contribution in [-0.4, -0.2) is 23.1 Å². The second-order valence-electron chi connectivity index (χ2n) is 5.27. The highest BCUT2D eigenvalue weighted by Gasteiger charge is 2.31. The van der Waals surface area contributed by atoms with Gasteiger partial charge in [0.2, 0.25) is 0 Å². The third kappa shape index (κ3) is 3.67. The first-order valence-corrected chi connectivity index (χ1v) is 7.52. The van der Waals surface area contributed by atoms with Gasteiger partial charge in [0.1, 0.15) is 18.0 Å². The lowest BCUT2D eigenvalue weighted by Crippen LogP contribution is -2.19. The van der Waals surface area contributed by atoms with E-state index in [0.29, 0.717) is 5.82 Å². The van der Waals surface area contributed by atoms with Crippen LogP contribution in [0.25, 0.3) is 0 Å². The summed E-state index contributed by atoms with van der Waals surface area (Å²) in [6.45, 7) is 1.83. The fourth-order valence-electron chi connectivity index (χ4n) is 2.47. The fraction of sp³-hybridized carbons (Fsp3) is 0.333. The highest BCUT2D eigenvalue weighted by Crippen LogP contribution is 2.35. The quantitative estimate of drug-likeness (QED) is 0.892. The van der Waals surface area contributed by atoms with Crippen molar-refractivity contribution in [2.75, 3.05) is 23.3 Å². The molecule has 0 amide bonds. The second-order valence-corrected chi connectivity index (χ2v) is 5.68. The van der Waals surface area contributed by atoms with Crippen LogP contribution in [-0.2, 0) is 6.18 Å². The van der Waals surface area contributed by atoms with Crippen molar-refractivity contribution in [1.82, 2.24) is 9.97 Å². The van der Waals surface area contributed by atoms with E-state index in [4.69, 9.17) is 11.6 Å². The number of benzene rings is 1. The van der Waals surface area contributed by atoms with Gasteiger partial charge in [-0.1, -0.05) is 11.6 Å². The molecule has 1 N–H and O–H groups in total. The zero-order valence-electron chi connectivity index (χ0n) is 12.1. The Kier molecular flexibility index (Phi) is 4.30. The molecule has 1 aromatic carbocycles. The lowest BCUT2D eigenvalue weighted by Gasteiger charge is -2.17. The van der Waals surface area contributed by atoms with Crippen molar-refractivity contribution >= 4 is 28.9 Å². The molecule has 8 heteroatoms. The van der Waals surface area contributed by atoms with Gasteiger partial charge in [-0.15, -0.1) is 0 Å². The molecule has 1 aliphatic heterocycles. The fourth-order valence-corrected chi connectivity index (χ4v) is 2.63. The first-order valence-electron chi connectivity index (χ1n) is 7.14. The molecule has 0 radical (unpaired) electrons. The average Bonchev–Trinajstić information content (AvgIpc) is 3.03. The van der Waals surface area contributed by atoms with Gasteiger partial charge in [-0.2, -0.15) is 13.2 Å². The molecule has 1 aromatic heterocycles. The molecular weight excluding hydrogens is 329 g/mol. The van der Waals surface area contributed by atoms with E-state index in [2.05, 4.69) is 20.2 Å². The zero-order valence-corrected chi connectivity index (χ0v) is 12.8. The molecule has 0 aliphatic carbocycles. The Labute approximate surface area is 136 Å². The van der Waals surface area contributed by atoms with E-state index < -0.39 is 11.7 Å². The molecule has 122 valence electrons. The number of anilines is 3. The van der Waals surface area contributed by atoms with Gasteiger partial charge in [0.25, 0.3) is 0 Å². The minimum absolute atomic E-state index is 0.160. The number of hydrogen-bond donors (Lipinski definition) is 1. The van der Waals surface area contributed by atoms with Crippen LogP contribution in [0.4, 0.5) is 30.5 Å². The SMILES string of the molecule is FC(F)(F)c1ccc(Cl)c(Nc2cc(N3CCCC3)ncn2)c1. The second kappa shape index (κ2) is 6.23. The van der Waals surface area contributed by atoms with Gasteiger partial charge in [-0.05, 0) is 31.0 Å². The van der Waals surface area contributed by atoms with Crippen LogP contribution in [0.1, 0.15) is 18.4 Å². The predicted molar refractivity (Wildman–Crippen MR) is 83.2 cm³/mol. The number of alkyl halides is 3. The largest absolute Gasteiger partial charge is 0.416 e. The van der Waals surface area contributed by atoms with Crippen molar-refractivity contribution in [1.29, 1.82) is 0 Å². The summed E-state index contributed by atoms with van der Waals surface area (Å²) in [5.41, 5.74) is -0.606. The molecule has 4 nitrogen and oxygen atoms in total. The minimum atomic E-state index is -4.42. The summed E-state index contributed by atoms with van der Waals surface area (Å²) in [5, 5.41) is 3.03. The Morgan fingerprint density at radius 1 is 1.09 bits per heavy atom. The first kappa shape index (κ1) is 15.9. The van der Waals surface area contributed by atoms with Crippen LogP contribution in [0.3, 0.4) is 0 Å². The van der Waals surface area contributed by atoms with Crippen molar-refractivity contribution in [2.24, 2.45) is 0 Å². The third-order valence-electron chi connectivity index (χ3n) is 3.64. The normalized spacial score (nSPS) is 15.0. The summed E-state index contributed by atoms with van der Waals surface area (Å²) in [5.74, 6) is 1.16. The maximum atomic E-state index is 12.8. The molecule has 1 fully saturated rings. The Balaban J connectivity index is 1.85. The molecule has 0 bridgehead atoms. The Hall–Kier alpha value is -2.02. The molecule has 0 atom stereocenters. The van der Waals surface area contributed by atoms with Crippen LogP contribution < -0.4 is 10.2 Å². The van der Waals surface area contributed by atoms with Gasteiger partial charge < -0.3 is 10.2 Å². The number of nitrogens with one attached hydrogen (secondary N) is 1. The van der Waals surface area contributed by atoms with E-state index in [-0.39, 0.29) is 10.7 Å². The number of hydrogen-bond acceptors (Lipinski definition) is 4. The van der Waals surface area contributed by atoms with Gasteiger partial charge >= 0.3 is 6.18 Å². The molecule has 1 saturated heterocycles. The van der Waals surface area contributed by atoms with Crippen molar-refractivity contribution in [2.45, 2.75) is 19.0 Å². The van der Waals surface area contributed by atoms with Gasteiger partial charge in [-0.3, -0.25) is 0 Å². The molecule has 2 aromatic rings. The van der Waals surface area contributed by atoms with E-state index >= 15 is 0 Å². The lowest BCUT2D eigenvalue weighted by molar-refractivity contribution is -0.137. The Morgan fingerprint density at radius 3 is 2.52 bits per heavy atom. The number of halogens is 4. The monoisotopic (exact) mass is 342 g/mol. The molecule has 23 heavy (non-hydrogen) atoms. The average molecular weight is 343 g/mol. The van der Waals surface area contributed by atoms with Crippen LogP contribution in [0.5, 0.6) is 0 Å². The molecular formula is C15H14ClF3N4. The maximum absolute atomic E-state index is 12.8. The summed E-state index contributed by atoms with van der Waals surface area (Å²) in [4.78, 5) is 10.4. The molecule has 3 rings (SSSR count). The lowest BCUT2D eigenvalue weighted by atomic mass is 10.2. The van der Waals surface area contributed by atoms with Crippen LogP contribution >= 0.6 is 11.6 Å². The summed E-state index contributed by atoms with van der Waals surface area (Å²) < 4.78 is 38.4. The highest BCUT2D eigenvalue weighted by molar-refractivity contribution is 6.33. The minimum Gasteiger partial charge on any atom is -0.356 e. The highest BCUT2D eigenvalue weighted by atomic mass is 35.5. The van der Waals surface area contributed by atoms with E-state index in [1.807, 2.05) is 0 Å². The van der Waals surface area contributed by atoms with Gasteiger partial charge in [0.05, 0.1) is 16.3 Å². The summed E-state index contributed by atoms with van der Waals surface area (Å²) in [6, 6.07) is 4.85. The Morgan fingerprint density at radius 2 is 1.83 bits per heavy atom. The van der Waals surface area contributed by atoms with Crippen molar-refractivity contribution in [3.8, 4) is 0 Å². The molecule has 1 aliphatic rings. The zero-order chi connectivity index (χ0) is 16.4. The van der Waals surface area contributed by atoms with Crippen molar-refractivity contribution < 1.29 is 13.2 Å². The maximum Gasteiger partial charge on any atom is 0.416 e. The van der Waals surface area contributed by atoms with Crippen LogP contribution in [0.15, 0.2) is 30.6 Å². The number of nitrogens with zero attached hydrogens (tertiary/aromatic N) is 3. The van der Waals surface area contributed by atoms with Crippen molar-refractivity contribution in [3.05, 3.63) is 41.2 Å². The summed E-state index contributed by atoms with van der Waals surface area (Å²) >= 11 is 5.98.